The minimum absolute atomic E-state index is 0.0673. The van der Waals surface area contributed by atoms with Gasteiger partial charge in [-0.3, -0.25) is 15.1 Å². The molecule has 24 heavy (non-hydrogen) atoms. The number of thiocarbonyl (C=S) groups is 1. The van der Waals surface area contributed by atoms with E-state index in [0.717, 1.165) is 37.1 Å². The number of nitrogens with one attached hydrogen (secondary N) is 1. The fourth-order valence-electron chi connectivity index (χ4n) is 2.96. The van der Waals surface area contributed by atoms with E-state index in [4.69, 9.17) is 12.2 Å². The number of hydrogen-bond acceptors (Lipinski definition) is 4. The van der Waals surface area contributed by atoms with Gasteiger partial charge in [-0.15, -0.1) is 0 Å². The van der Waals surface area contributed by atoms with Crippen LogP contribution in [-0.4, -0.2) is 26.5 Å². The second kappa shape index (κ2) is 7.35. The third-order valence-electron chi connectivity index (χ3n) is 4.16. The van der Waals surface area contributed by atoms with Crippen molar-refractivity contribution in [2.75, 3.05) is 11.9 Å². The molecule has 124 valence electrons. The summed E-state index contributed by atoms with van der Waals surface area (Å²) in [5.41, 5.74) is 1.98. The zero-order valence-corrected chi connectivity index (χ0v) is 13.9. The minimum Gasteiger partial charge on any atom is -0.342 e. The van der Waals surface area contributed by atoms with Gasteiger partial charge in [0.2, 0.25) is 0 Å². The first-order valence-corrected chi connectivity index (χ1v) is 8.28. The van der Waals surface area contributed by atoms with Crippen LogP contribution in [0.4, 0.5) is 11.4 Å². The monoisotopic (exact) mass is 342 g/mol. The van der Waals surface area contributed by atoms with Crippen molar-refractivity contribution in [2.24, 2.45) is 0 Å². The number of likely N-dealkylation sites (tertiary alicyclic amines) is 1. The Morgan fingerprint density at radius 1 is 1.29 bits per heavy atom. The molecule has 1 atom stereocenters. The zero-order valence-electron chi connectivity index (χ0n) is 13.1. The predicted molar refractivity (Wildman–Crippen MR) is 96.9 cm³/mol. The zero-order chi connectivity index (χ0) is 16.9. The number of hydrogen-bond donors (Lipinski definition) is 1. The van der Waals surface area contributed by atoms with Crippen LogP contribution >= 0.6 is 12.2 Å². The van der Waals surface area contributed by atoms with E-state index in [1.165, 1.54) is 12.1 Å². The van der Waals surface area contributed by atoms with E-state index < -0.39 is 4.92 Å². The van der Waals surface area contributed by atoms with Crippen LogP contribution in [0, 0.1) is 10.1 Å². The summed E-state index contributed by atoms with van der Waals surface area (Å²) in [6.07, 6.45) is 6.95. The van der Waals surface area contributed by atoms with Crippen LogP contribution < -0.4 is 5.32 Å². The van der Waals surface area contributed by atoms with Gasteiger partial charge in [-0.2, -0.15) is 0 Å². The number of piperidine rings is 1. The van der Waals surface area contributed by atoms with E-state index in [-0.39, 0.29) is 11.7 Å². The molecule has 2 aromatic rings. The molecule has 1 aromatic carbocycles. The standard InChI is InChI=1S/C17H18N4O2S/c22-21(23)15-8-6-14(7-9-15)19-17(24)20-11-2-1-5-16(20)13-4-3-10-18-12-13/h3-4,6-10,12,16H,1-2,5,11H2,(H,19,24)/t16-/m0/s1. The molecule has 0 amide bonds. The van der Waals surface area contributed by atoms with Gasteiger partial charge >= 0.3 is 0 Å². The number of nitro groups is 1. The summed E-state index contributed by atoms with van der Waals surface area (Å²) in [7, 11) is 0. The van der Waals surface area contributed by atoms with Crippen molar-refractivity contribution in [3.05, 3.63) is 64.5 Å². The largest absolute Gasteiger partial charge is 0.342 e. The molecule has 1 saturated heterocycles. The summed E-state index contributed by atoms with van der Waals surface area (Å²) in [4.78, 5) is 16.7. The maximum Gasteiger partial charge on any atom is 0.269 e. The molecule has 0 aliphatic carbocycles. The smallest absolute Gasteiger partial charge is 0.269 e. The normalized spacial score (nSPS) is 17.3. The van der Waals surface area contributed by atoms with Gasteiger partial charge in [-0.05, 0) is 55.2 Å². The van der Waals surface area contributed by atoms with Crippen molar-refractivity contribution in [2.45, 2.75) is 25.3 Å². The third-order valence-corrected chi connectivity index (χ3v) is 4.50. The van der Waals surface area contributed by atoms with Crippen LogP contribution in [0.2, 0.25) is 0 Å². The number of pyridine rings is 1. The Morgan fingerprint density at radius 3 is 2.75 bits per heavy atom. The van der Waals surface area contributed by atoms with Gasteiger partial charge in [0, 0.05) is 36.8 Å². The summed E-state index contributed by atoms with van der Waals surface area (Å²) in [6.45, 7) is 0.887. The Labute approximate surface area is 145 Å². The number of benzene rings is 1. The van der Waals surface area contributed by atoms with Gasteiger partial charge in [-0.1, -0.05) is 6.07 Å². The molecule has 1 aliphatic heterocycles. The summed E-state index contributed by atoms with van der Waals surface area (Å²) in [6, 6.07) is 10.5. The maximum atomic E-state index is 10.7. The lowest BCUT2D eigenvalue weighted by atomic mass is 9.97. The van der Waals surface area contributed by atoms with Crippen LogP contribution in [0.1, 0.15) is 30.9 Å². The minimum atomic E-state index is -0.412. The Morgan fingerprint density at radius 2 is 2.08 bits per heavy atom. The van der Waals surface area contributed by atoms with Gasteiger partial charge in [-0.25, -0.2) is 0 Å². The molecule has 1 aromatic heterocycles. The maximum absolute atomic E-state index is 10.7. The highest BCUT2D eigenvalue weighted by Crippen LogP contribution is 2.31. The fourth-order valence-corrected chi connectivity index (χ4v) is 3.29. The topological polar surface area (TPSA) is 71.3 Å². The SMILES string of the molecule is O=[N+]([O-])c1ccc(NC(=S)N2CCCC[C@H]2c2cccnc2)cc1. The number of nitro benzene ring substituents is 1. The van der Waals surface area contributed by atoms with Gasteiger partial charge in [0.05, 0.1) is 11.0 Å². The van der Waals surface area contributed by atoms with Crippen LogP contribution in [0.25, 0.3) is 0 Å². The average Bonchev–Trinajstić information content (AvgIpc) is 2.63. The van der Waals surface area contributed by atoms with Crippen molar-refractivity contribution in [3.63, 3.8) is 0 Å². The second-order valence-corrected chi connectivity index (χ2v) is 6.11. The highest BCUT2D eigenvalue weighted by atomic mass is 32.1. The molecular weight excluding hydrogens is 324 g/mol. The molecular formula is C17H18N4O2S. The van der Waals surface area contributed by atoms with Crippen LogP contribution in [-0.2, 0) is 0 Å². The number of non-ortho nitro benzene ring substituents is 1. The Bertz CT molecular complexity index is 721. The molecule has 1 aliphatic rings. The van der Waals surface area contributed by atoms with Crippen LogP contribution in [0.15, 0.2) is 48.8 Å². The predicted octanol–water partition coefficient (Wildman–Crippen LogP) is 3.91. The first-order chi connectivity index (χ1) is 11.6. The fraction of sp³-hybridized carbons (Fsp3) is 0.294. The van der Waals surface area contributed by atoms with Gasteiger partial charge < -0.3 is 10.2 Å². The Balaban J connectivity index is 1.73. The summed E-state index contributed by atoms with van der Waals surface area (Å²) >= 11 is 5.58. The van der Waals surface area contributed by atoms with E-state index in [1.54, 1.807) is 18.3 Å². The molecule has 1 fully saturated rings. The van der Waals surface area contributed by atoms with E-state index in [0.29, 0.717) is 5.11 Å². The average molecular weight is 342 g/mol. The van der Waals surface area contributed by atoms with E-state index in [1.807, 2.05) is 12.3 Å². The lowest BCUT2D eigenvalue weighted by Crippen LogP contribution is -2.41. The van der Waals surface area contributed by atoms with E-state index in [9.17, 15) is 10.1 Å². The molecule has 6 nitrogen and oxygen atoms in total. The van der Waals surface area contributed by atoms with Crippen molar-refractivity contribution in [3.8, 4) is 0 Å². The molecule has 0 radical (unpaired) electrons. The Hall–Kier alpha value is -2.54. The van der Waals surface area contributed by atoms with Crippen molar-refractivity contribution < 1.29 is 4.92 Å². The molecule has 1 N–H and O–H groups in total. The van der Waals surface area contributed by atoms with E-state index >= 15 is 0 Å². The van der Waals surface area contributed by atoms with Gasteiger partial charge in [0.15, 0.2) is 5.11 Å². The Kier molecular flexibility index (Phi) is 5.00. The summed E-state index contributed by atoms with van der Waals surface area (Å²) < 4.78 is 0. The molecule has 7 heteroatoms. The lowest BCUT2D eigenvalue weighted by molar-refractivity contribution is -0.384. The van der Waals surface area contributed by atoms with E-state index in [2.05, 4.69) is 21.3 Å². The molecule has 0 unspecified atom stereocenters. The van der Waals surface area contributed by atoms with Gasteiger partial charge in [0.25, 0.3) is 5.69 Å². The quantitative estimate of drug-likeness (QED) is 0.518. The number of aromatic nitrogens is 1. The highest BCUT2D eigenvalue weighted by molar-refractivity contribution is 7.80. The molecule has 2 heterocycles. The summed E-state index contributed by atoms with van der Waals surface area (Å²) in [5, 5.41) is 14.6. The first kappa shape index (κ1) is 16.3. The molecule has 0 spiro atoms. The van der Waals surface area contributed by atoms with Gasteiger partial charge in [0.1, 0.15) is 0 Å². The van der Waals surface area contributed by atoms with Crippen molar-refractivity contribution in [1.82, 2.24) is 9.88 Å². The lowest BCUT2D eigenvalue weighted by Gasteiger charge is -2.37. The number of nitrogens with zero attached hydrogens (tertiary/aromatic N) is 3. The second-order valence-electron chi connectivity index (χ2n) is 5.73. The molecule has 3 rings (SSSR count). The summed E-state index contributed by atoms with van der Waals surface area (Å²) in [5.74, 6) is 0. The van der Waals surface area contributed by atoms with Crippen LogP contribution in [0.5, 0.6) is 0 Å². The van der Waals surface area contributed by atoms with Crippen LogP contribution in [0.3, 0.4) is 0 Å². The number of anilines is 1. The first-order valence-electron chi connectivity index (χ1n) is 7.87. The molecule has 0 bridgehead atoms. The third kappa shape index (κ3) is 3.68. The van der Waals surface area contributed by atoms with Crippen molar-refractivity contribution >= 4 is 28.7 Å². The molecule has 0 saturated carbocycles. The number of rotatable bonds is 3. The van der Waals surface area contributed by atoms with Crippen molar-refractivity contribution in [1.29, 1.82) is 0 Å². The highest BCUT2D eigenvalue weighted by Gasteiger charge is 2.26.